The number of carbonyl (C=O) groups is 1. The maximum absolute atomic E-state index is 11.6. The Morgan fingerprint density at radius 1 is 1.56 bits per heavy atom. The van der Waals surface area contributed by atoms with Crippen LogP contribution in [-0.4, -0.2) is 49.2 Å². The Balaban J connectivity index is 2.55. The first-order valence-corrected chi connectivity index (χ1v) is 6.42. The monoisotopic (exact) mass is 252 g/mol. The number of aliphatic hydroxyl groups excluding tert-OH is 1. The molecule has 94 valence electrons. The zero-order valence-corrected chi connectivity index (χ0v) is 10.0. The molecule has 1 aliphatic rings. The lowest BCUT2D eigenvalue weighted by Gasteiger charge is -2.16. The highest BCUT2D eigenvalue weighted by Crippen LogP contribution is 2.12. The van der Waals surface area contributed by atoms with Gasteiger partial charge in [-0.1, -0.05) is 0 Å². The molecule has 0 unspecified atom stereocenters. The minimum Gasteiger partial charge on any atom is -0.446 e. The number of aliphatic hydroxyl groups is 1. The van der Waals surface area contributed by atoms with Crippen LogP contribution in [0.1, 0.15) is 20.3 Å². The van der Waals surface area contributed by atoms with Gasteiger partial charge in [0, 0.05) is 13.1 Å². The van der Waals surface area contributed by atoms with Crippen molar-refractivity contribution in [3.8, 4) is 0 Å². The molecule has 0 aliphatic carbocycles. The Morgan fingerprint density at radius 2 is 2.19 bits per heavy atom. The van der Waals surface area contributed by atoms with Crippen molar-refractivity contribution in [2.24, 2.45) is 0 Å². The van der Waals surface area contributed by atoms with Crippen molar-refractivity contribution in [3.63, 3.8) is 0 Å². The van der Waals surface area contributed by atoms with Gasteiger partial charge in [0.25, 0.3) is 0 Å². The molecule has 0 saturated carbocycles. The molecule has 1 fully saturated rings. The van der Waals surface area contributed by atoms with E-state index in [1.807, 2.05) is 0 Å². The summed E-state index contributed by atoms with van der Waals surface area (Å²) in [5.74, 6) is 0. The molecule has 1 aliphatic heterocycles. The van der Waals surface area contributed by atoms with Gasteiger partial charge in [0.2, 0.25) is 0 Å². The van der Waals surface area contributed by atoms with E-state index >= 15 is 0 Å². The van der Waals surface area contributed by atoms with Gasteiger partial charge in [-0.3, -0.25) is 0 Å². The van der Waals surface area contributed by atoms with Gasteiger partial charge >= 0.3 is 16.3 Å². The zero-order valence-electron chi connectivity index (χ0n) is 9.21. The van der Waals surface area contributed by atoms with Crippen LogP contribution in [0, 0.1) is 0 Å². The minimum absolute atomic E-state index is 0.00426. The standard InChI is InChI=1S/C8H16N2O5S/c1-6(2)15-8(12)9-16(13,14)10-4-3-7(11)5-10/h6-7,11H,3-5H2,1-2H3,(H,9,12)/t7-/m0/s1. The SMILES string of the molecule is CC(C)OC(=O)NS(=O)(=O)N1CC[C@H](O)C1. The lowest BCUT2D eigenvalue weighted by atomic mass is 10.3. The Morgan fingerprint density at radius 3 is 2.62 bits per heavy atom. The molecule has 8 heteroatoms. The van der Waals surface area contributed by atoms with E-state index < -0.39 is 22.4 Å². The van der Waals surface area contributed by atoms with E-state index in [1.165, 1.54) is 0 Å². The second kappa shape index (κ2) is 4.98. The number of ether oxygens (including phenoxy) is 1. The molecule has 7 nitrogen and oxygen atoms in total. The summed E-state index contributed by atoms with van der Waals surface area (Å²) >= 11 is 0. The molecule has 1 atom stereocenters. The molecule has 0 bridgehead atoms. The molecule has 1 amide bonds. The van der Waals surface area contributed by atoms with Gasteiger partial charge < -0.3 is 9.84 Å². The minimum atomic E-state index is -3.89. The summed E-state index contributed by atoms with van der Waals surface area (Å²) in [6, 6.07) is 0. The third-order valence-electron chi connectivity index (χ3n) is 2.02. The van der Waals surface area contributed by atoms with Gasteiger partial charge in [0.15, 0.2) is 0 Å². The molecule has 0 aromatic heterocycles. The number of nitrogens with zero attached hydrogens (tertiary/aromatic N) is 1. The summed E-state index contributed by atoms with van der Waals surface area (Å²) in [5.41, 5.74) is 0. The van der Waals surface area contributed by atoms with Crippen LogP contribution in [0.3, 0.4) is 0 Å². The van der Waals surface area contributed by atoms with Crippen LogP contribution in [0.5, 0.6) is 0 Å². The van der Waals surface area contributed by atoms with Crippen LogP contribution in [-0.2, 0) is 14.9 Å². The van der Waals surface area contributed by atoms with Crippen molar-refractivity contribution >= 4 is 16.3 Å². The number of rotatable bonds is 3. The van der Waals surface area contributed by atoms with E-state index in [9.17, 15) is 18.3 Å². The first-order chi connectivity index (χ1) is 7.31. The van der Waals surface area contributed by atoms with E-state index in [-0.39, 0.29) is 19.2 Å². The van der Waals surface area contributed by atoms with Crippen molar-refractivity contribution in [1.82, 2.24) is 9.03 Å². The molecule has 0 radical (unpaired) electrons. The fourth-order valence-corrected chi connectivity index (χ4v) is 2.44. The number of hydrogen-bond acceptors (Lipinski definition) is 5. The fourth-order valence-electron chi connectivity index (χ4n) is 1.34. The normalized spacial score (nSPS) is 22.4. The molecule has 1 saturated heterocycles. The third kappa shape index (κ3) is 3.62. The van der Waals surface area contributed by atoms with Crippen molar-refractivity contribution in [2.75, 3.05) is 13.1 Å². The largest absolute Gasteiger partial charge is 0.446 e. The first-order valence-electron chi connectivity index (χ1n) is 4.98. The van der Waals surface area contributed by atoms with Crippen LogP contribution >= 0.6 is 0 Å². The molecular weight excluding hydrogens is 236 g/mol. The van der Waals surface area contributed by atoms with E-state index in [1.54, 1.807) is 18.6 Å². The zero-order chi connectivity index (χ0) is 12.3. The Bertz CT molecular complexity index is 353. The van der Waals surface area contributed by atoms with Gasteiger partial charge in [-0.2, -0.15) is 12.7 Å². The molecule has 2 N–H and O–H groups in total. The second-order valence-corrected chi connectivity index (χ2v) is 5.53. The van der Waals surface area contributed by atoms with E-state index in [2.05, 4.69) is 4.74 Å². The summed E-state index contributed by atoms with van der Waals surface area (Å²) in [7, 11) is -3.89. The van der Waals surface area contributed by atoms with Gasteiger partial charge in [-0.15, -0.1) is 0 Å². The summed E-state index contributed by atoms with van der Waals surface area (Å²) < 4.78 is 30.6. The highest BCUT2D eigenvalue weighted by molar-refractivity contribution is 7.87. The van der Waals surface area contributed by atoms with Crippen LogP contribution in [0.25, 0.3) is 0 Å². The highest BCUT2D eigenvalue weighted by atomic mass is 32.2. The molecule has 1 rings (SSSR count). The van der Waals surface area contributed by atoms with E-state index in [4.69, 9.17) is 0 Å². The third-order valence-corrected chi connectivity index (χ3v) is 3.46. The van der Waals surface area contributed by atoms with E-state index in [0.717, 1.165) is 4.31 Å². The summed E-state index contributed by atoms with van der Waals surface area (Å²) in [6.07, 6.45) is -1.69. The number of hydrogen-bond donors (Lipinski definition) is 2. The van der Waals surface area contributed by atoms with Gasteiger partial charge in [-0.05, 0) is 20.3 Å². The number of amides is 1. The lowest BCUT2D eigenvalue weighted by Crippen LogP contribution is -2.43. The Kier molecular flexibility index (Phi) is 4.11. The average Bonchev–Trinajstić information content (AvgIpc) is 2.49. The molecular formula is C8H16N2O5S. The molecule has 0 aromatic rings. The van der Waals surface area contributed by atoms with Crippen LogP contribution in [0.15, 0.2) is 0 Å². The maximum Gasteiger partial charge on any atom is 0.422 e. The predicted molar refractivity (Wildman–Crippen MR) is 55.9 cm³/mol. The van der Waals surface area contributed by atoms with Crippen LogP contribution in [0.4, 0.5) is 4.79 Å². The molecule has 16 heavy (non-hydrogen) atoms. The van der Waals surface area contributed by atoms with Crippen molar-refractivity contribution in [3.05, 3.63) is 0 Å². The number of nitrogens with one attached hydrogen (secondary N) is 1. The first kappa shape index (κ1) is 13.2. The Hall–Kier alpha value is -0.860. The molecule has 0 aromatic carbocycles. The number of carbonyl (C=O) groups excluding carboxylic acids is 1. The summed E-state index contributed by atoms with van der Waals surface area (Å²) in [4.78, 5) is 11.1. The average molecular weight is 252 g/mol. The fraction of sp³-hybridized carbons (Fsp3) is 0.875. The molecule has 0 spiro atoms. The van der Waals surface area contributed by atoms with E-state index in [0.29, 0.717) is 6.42 Å². The predicted octanol–water partition coefficient (Wildman–Crippen LogP) is -0.568. The Labute approximate surface area is 94.6 Å². The quantitative estimate of drug-likeness (QED) is 0.701. The highest BCUT2D eigenvalue weighted by Gasteiger charge is 2.31. The van der Waals surface area contributed by atoms with Crippen LogP contribution < -0.4 is 4.72 Å². The van der Waals surface area contributed by atoms with Crippen molar-refractivity contribution in [1.29, 1.82) is 0 Å². The smallest absolute Gasteiger partial charge is 0.422 e. The van der Waals surface area contributed by atoms with Crippen molar-refractivity contribution in [2.45, 2.75) is 32.5 Å². The second-order valence-electron chi connectivity index (χ2n) is 3.86. The summed E-state index contributed by atoms with van der Waals surface area (Å²) in [5, 5.41) is 9.19. The van der Waals surface area contributed by atoms with Gasteiger partial charge in [-0.25, -0.2) is 9.52 Å². The van der Waals surface area contributed by atoms with Gasteiger partial charge in [0.1, 0.15) is 0 Å². The van der Waals surface area contributed by atoms with Gasteiger partial charge in [0.05, 0.1) is 12.2 Å². The van der Waals surface area contributed by atoms with Crippen molar-refractivity contribution < 1.29 is 23.1 Å². The van der Waals surface area contributed by atoms with Crippen LogP contribution in [0.2, 0.25) is 0 Å². The summed E-state index contributed by atoms with van der Waals surface area (Å²) in [6.45, 7) is 3.44. The maximum atomic E-state index is 11.6. The topological polar surface area (TPSA) is 95.9 Å². The molecule has 1 heterocycles. The number of β-amino-alcohol motifs (C(OH)–C–C–N with tert-alkyl or cyclic N) is 1. The lowest BCUT2D eigenvalue weighted by molar-refractivity contribution is 0.121.